The Labute approximate surface area is 137 Å². The molecule has 2 nitrogen and oxygen atoms in total. The molecule has 0 saturated carbocycles. The number of piperazine rings is 1. The lowest BCUT2D eigenvalue weighted by Crippen LogP contribution is -2.53. The zero-order valence-corrected chi connectivity index (χ0v) is 14.2. The summed E-state index contributed by atoms with van der Waals surface area (Å²) in [6.45, 7) is 10.6. The summed E-state index contributed by atoms with van der Waals surface area (Å²) in [6, 6.07) is 6.44. The summed E-state index contributed by atoms with van der Waals surface area (Å²) in [5.41, 5.74) is 0.415. The minimum absolute atomic E-state index is 0.199. The van der Waals surface area contributed by atoms with Crippen LogP contribution in [0.4, 0.5) is 13.2 Å². The second-order valence-corrected chi connectivity index (χ2v) is 6.23. The lowest BCUT2D eigenvalue weighted by molar-refractivity contribution is -0.137. The average molecular weight is 328 g/mol. The molecule has 0 bridgehead atoms. The molecule has 0 amide bonds. The van der Waals surface area contributed by atoms with E-state index in [2.05, 4.69) is 30.6 Å². The summed E-state index contributed by atoms with van der Waals surface area (Å²) in [5, 5.41) is 0. The van der Waals surface area contributed by atoms with Crippen LogP contribution < -0.4 is 0 Å². The van der Waals surface area contributed by atoms with Crippen LogP contribution in [0.15, 0.2) is 24.3 Å². The van der Waals surface area contributed by atoms with Gasteiger partial charge in [0.2, 0.25) is 0 Å². The Morgan fingerprint density at radius 2 is 1.74 bits per heavy atom. The van der Waals surface area contributed by atoms with Crippen LogP contribution in [-0.4, -0.2) is 42.0 Å². The second kappa shape index (κ2) is 7.67. The molecule has 1 fully saturated rings. The number of nitrogens with zero attached hydrogens (tertiary/aromatic N) is 2. The Balaban J connectivity index is 2.13. The van der Waals surface area contributed by atoms with E-state index in [1.165, 1.54) is 12.1 Å². The highest BCUT2D eigenvalue weighted by molar-refractivity contribution is 5.27. The zero-order chi connectivity index (χ0) is 17.0. The summed E-state index contributed by atoms with van der Waals surface area (Å²) in [4.78, 5) is 4.93. The van der Waals surface area contributed by atoms with E-state index in [1.807, 2.05) is 0 Å². The van der Waals surface area contributed by atoms with E-state index >= 15 is 0 Å². The van der Waals surface area contributed by atoms with E-state index in [9.17, 15) is 13.2 Å². The maximum atomic E-state index is 12.7. The van der Waals surface area contributed by atoms with Crippen molar-refractivity contribution in [1.29, 1.82) is 0 Å². The van der Waals surface area contributed by atoms with Gasteiger partial charge in [-0.1, -0.05) is 32.9 Å². The summed E-state index contributed by atoms with van der Waals surface area (Å²) in [5.74, 6) is 0. The van der Waals surface area contributed by atoms with E-state index in [0.717, 1.165) is 44.6 Å². The fourth-order valence-corrected chi connectivity index (χ4v) is 3.60. The first-order valence-corrected chi connectivity index (χ1v) is 8.55. The average Bonchev–Trinajstić information content (AvgIpc) is 2.55. The molecule has 1 aromatic rings. The van der Waals surface area contributed by atoms with Gasteiger partial charge in [-0.3, -0.25) is 9.80 Å². The minimum Gasteiger partial charge on any atom is -0.298 e. The van der Waals surface area contributed by atoms with Crippen molar-refractivity contribution in [3.05, 3.63) is 35.4 Å². The van der Waals surface area contributed by atoms with Crippen LogP contribution in [0.1, 0.15) is 50.8 Å². The third kappa shape index (κ3) is 4.27. The standard InChI is InChI=1S/C18H27F3N2/c1-4-16-13-23(12-11-22(16)6-3)17(5-2)14-7-9-15(10-8-14)18(19,20)21/h7-10,16-17H,4-6,11-13H2,1-3H3. The molecule has 0 N–H and O–H groups in total. The van der Waals surface area contributed by atoms with Gasteiger partial charge < -0.3 is 0 Å². The van der Waals surface area contributed by atoms with Crippen LogP contribution in [-0.2, 0) is 6.18 Å². The molecule has 0 radical (unpaired) electrons. The highest BCUT2D eigenvalue weighted by Gasteiger charge is 2.32. The molecule has 0 aromatic heterocycles. The molecule has 0 aliphatic carbocycles. The van der Waals surface area contributed by atoms with E-state index in [-0.39, 0.29) is 6.04 Å². The highest BCUT2D eigenvalue weighted by Crippen LogP contribution is 2.32. The number of benzene rings is 1. The Morgan fingerprint density at radius 3 is 2.22 bits per heavy atom. The summed E-state index contributed by atoms with van der Waals surface area (Å²) in [6.07, 6.45) is -2.25. The van der Waals surface area contributed by atoms with Gasteiger partial charge in [-0.2, -0.15) is 13.2 Å². The third-order valence-electron chi connectivity index (χ3n) is 4.96. The van der Waals surface area contributed by atoms with Gasteiger partial charge in [0, 0.05) is 31.7 Å². The number of likely N-dealkylation sites (N-methyl/N-ethyl adjacent to an activating group) is 1. The fraction of sp³-hybridized carbons (Fsp3) is 0.667. The van der Waals surface area contributed by atoms with Gasteiger partial charge in [0.15, 0.2) is 0 Å². The Hall–Kier alpha value is -1.07. The predicted octanol–water partition coefficient (Wildman–Crippen LogP) is 4.57. The van der Waals surface area contributed by atoms with E-state index in [4.69, 9.17) is 0 Å². The number of rotatable bonds is 5. The van der Waals surface area contributed by atoms with Gasteiger partial charge in [-0.15, -0.1) is 0 Å². The maximum Gasteiger partial charge on any atom is 0.416 e. The van der Waals surface area contributed by atoms with Crippen molar-refractivity contribution in [2.75, 3.05) is 26.2 Å². The van der Waals surface area contributed by atoms with Gasteiger partial charge in [0.1, 0.15) is 0 Å². The van der Waals surface area contributed by atoms with Gasteiger partial charge in [-0.05, 0) is 37.1 Å². The van der Waals surface area contributed by atoms with Crippen molar-refractivity contribution in [3.8, 4) is 0 Å². The van der Waals surface area contributed by atoms with Crippen molar-refractivity contribution < 1.29 is 13.2 Å². The van der Waals surface area contributed by atoms with Crippen LogP contribution in [0.25, 0.3) is 0 Å². The van der Waals surface area contributed by atoms with Crippen LogP contribution in [0.3, 0.4) is 0 Å². The van der Waals surface area contributed by atoms with Crippen molar-refractivity contribution >= 4 is 0 Å². The van der Waals surface area contributed by atoms with Crippen molar-refractivity contribution in [1.82, 2.24) is 9.80 Å². The summed E-state index contributed by atoms with van der Waals surface area (Å²) in [7, 11) is 0. The van der Waals surface area contributed by atoms with Crippen LogP contribution >= 0.6 is 0 Å². The molecule has 2 rings (SSSR count). The number of alkyl halides is 3. The minimum atomic E-state index is -4.26. The second-order valence-electron chi connectivity index (χ2n) is 6.23. The molecule has 0 spiro atoms. The van der Waals surface area contributed by atoms with Crippen molar-refractivity contribution in [2.45, 2.75) is 51.9 Å². The molecule has 130 valence electrons. The molecule has 1 saturated heterocycles. The summed E-state index contributed by atoms with van der Waals surface area (Å²) >= 11 is 0. The van der Waals surface area contributed by atoms with Crippen LogP contribution in [0.2, 0.25) is 0 Å². The van der Waals surface area contributed by atoms with E-state index in [1.54, 1.807) is 12.1 Å². The molecule has 5 heteroatoms. The van der Waals surface area contributed by atoms with Gasteiger partial charge in [0.05, 0.1) is 5.56 Å². The Morgan fingerprint density at radius 1 is 1.09 bits per heavy atom. The number of hydrogen-bond acceptors (Lipinski definition) is 2. The van der Waals surface area contributed by atoms with Gasteiger partial charge in [-0.25, -0.2) is 0 Å². The SMILES string of the molecule is CCC1CN(C(CC)c2ccc(C(F)(F)F)cc2)CCN1CC. The van der Waals surface area contributed by atoms with E-state index in [0.29, 0.717) is 6.04 Å². The lowest BCUT2D eigenvalue weighted by Gasteiger charge is -2.44. The van der Waals surface area contributed by atoms with Crippen LogP contribution in [0, 0.1) is 0 Å². The first kappa shape index (κ1) is 18.3. The summed E-state index contributed by atoms with van der Waals surface area (Å²) < 4.78 is 38.2. The molecule has 23 heavy (non-hydrogen) atoms. The molecular formula is C18H27F3N2. The Kier molecular flexibility index (Phi) is 6.09. The predicted molar refractivity (Wildman–Crippen MR) is 87.4 cm³/mol. The third-order valence-corrected chi connectivity index (χ3v) is 4.96. The van der Waals surface area contributed by atoms with Gasteiger partial charge >= 0.3 is 6.18 Å². The zero-order valence-electron chi connectivity index (χ0n) is 14.2. The van der Waals surface area contributed by atoms with Crippen LogP contribution in [0.5, 0.6) is 0 Å². The molecule has 1 heterocycles. The lowest BCUT2D eigenvalue weighted by atomic mass is 9.98. The topological polar surface area (TPSA) is 6.48 Å². The number of halogens is 3. The largest absolute Gasteiger partial charge is 0.416 e. The maximum absolute atomic E-state index is 12.7. The normalized spacial score (nSPS) is 22.3. The molecular weight excluding hydrogens is 301 g/mol. The first-order chi connectivity index (χ1) is 10.9. The van der Waals surface area contributed by atoms with Crippen molar-refractivity contribution in [2.24, 2.45) is 0 Å². The Bertz CT molecular complexity index is 484. The molecule has 2 atom stereocenters. The quantitative estimate of drug-likeness (QED) is 0.781. The first-order valence-electron chi connectivity index (χ1n) is 8.55. The van der Waals surface area contributed by atoms with Gasteiger partial charge in [0.25, 0.3) is 0 Å². The van der Waals surface area contributed by atoms with Crippen molar-refractivity contribution in [3.63, 3.8) is 0 Å². The molecule has 1 aliphatic rings. The monoisotopic (exact) mass is 328 g/mol. The fourth-order valence-electron chi connectivity index (χ4n) is 3.60. The highest BCUT2D eigenvalue weighted by atomic mass is 19.4. The molecule has 1 aliphatic heterocycles. The molecule has 2 unspecified atom stereocenters. The van der Waals surface area contributed by atoms with E-state index < -0.39 is 11.7 Å². The molecule has 1 aromatic carbocycles. The number of hydrogen-bond donors (Lipinski definition) is 0. The smallest absolute Gasteiger partial charge is 0.298 e.